The highest BCUT2D eigenvalue weighted by atomic mass is 32.1. The summed E-state index contributed by atoms with van der Waals surface area (Å²) < 4.78 is 5.16. The van der Waals surface area contributed by atoms with E-state index in [1.165, 1.54) is 5.56 Å². The quantitative estimate of drug-likeness (QED) is 0.836. The maximum absolute atomic E-state index is 10.7. The molecule has 1 aromatic rings. The van der Waals surface area contributed by atoms with E-state index < -0.39 is 5.72 Å². The third kappa shape index (κ3) is 3.86. The van der Waals surface area contributed by atoms with Gasteiger partial charge in [-0.1, -0.05) is 12.1 Å². The number of ether oxygens (including phenoxy) is 1. The molecule has 2 N–H and O–H groups in total. The second-order valence-electron chi connectivity index (χ2n) is 6.46. The molecule has 1 aliphatic heterocycles. The molecule has 0 amide bonds. The molecule has 0 aromatic heterocycles. The molecule has 0 unspecified atom stereocenters. The van der Waals surface area contributed by atoms with Crippen molar-refractivity contribution >= 4 is 17.3 Å². The Balaban J connectivity index is 2.02. The van der Waals surface area contributed by atoms with Gasteiger partial charge in [0.2, 0.25) is 0 Å². The van der Waals surface area contributed by atoms with Crippen LogP contribution in [-0.2, 0) is 6.42 Å². The Morgan fingerprint density at radius 1 is 1.29 bits per heavy atom. The highest BCUT2D eigenvalue weighted by Gasteiger charge is 2.42. The molecule has 0 spiro atoms. The zero-order valence-corrected chi connectivity index (χ0v) is 14.0. The Morgan fingerprint density at radius 3 is 2.43 bits per heavy atom. The van der Waals surface area contributed by atoms with E-state index in [2.05, 4.69) is 19.2 Å². The topological polar surface area (TPSA) is 44.7 Å². The molecular weight excluding hydrogens is 284 g/mol. The van der Waals surface area contributed by atoms with Crippen LogP contribution in [0.5, 0.6) is 5.75 Å². The first kappa shape index (κ1) is 16.0. The summed E-state index contributed by atoms with van der Waals surface area (Å²) in [4.78, 5) is 1.87. The molecule has 0 radical (unpaired) electrons. The van der Waals surface area contributed by atoms with Crippen molar-refractivity contribution in [1.82, 2.24) is 10.2 Å². The van der Waals surface area contributed by atoms with Gasteiger partial charge in [-0.05, 0) is 57.1 Å². The molecule has 1 fully saturated rings. The summed E-state index contributed by atoms with van der Waals surface area (Å²) in [6.07, 6.45) is 1.45. The van der Waals surface area contributed by atoms with E-state index in [-0.39, 0.29) is 5.54 Å². The number of benzene rings is 1. The van der Waals surface area contributed by atoms with E-state index in [1.54, 1.807) is 7.11 Å². The Kier molecular flexibility index (Phi) is 4.44. The van der Waals surface area contributed by atoms with Crippen molar-refractivity contribution in [3.05, 3.63) is 29.8 Å². The molecule has 21 heavy (non-hydrogen) atoms. The van der Waals surface area contributed by atoms with Crippen molar-refractivity contribution in [3.8, 4) is 5.75 Å². The van der Waals surface area contributed by atoms with E-state index in [9.17, 15) is 5.11 Å². The summed E-state index contributed by atoms with van der Waals surface area (Å²) in [6, 6.07) is 7.97. The van der Waals surface area contributed by atoms with Gasteiger partial charge in [-0.25, -0.2) is 0 Å². The largest absolute Gasteiger partial charge is 0.497 e. The number of nitrogens with one attached hydrogen (secondary N) is 1. The summed E-state index contributed by atoms with van der Waals surface area (Å²) >= 11 is 5.41. The Bertz CT molecular complexity index is 512. The van der Waals surface area contributed by atoms with E-state index in [1.807, 2.05) is 36.1 Å². The average Bonchev–Trinajstić information content (AvgIpc) is 2.36. The number of hydrogen-bond acceptors (Lipinski definition) is 3. The first-order valence-corrected chi connectivity index (χ1v) is 7.59. The van der Waals surface area contributed by atoms with Gasteiger partial charge in [0.15, 0.2) is 5.11 Å². The lowest BCUT2D eigenvalue weighted by molar-refractivity contribution is -0.0876. The average molecular weight is 308 g/mol. The maximum Gasteiger partial charge on any atom is 0.171 e. The molecule has 0 bridgehead atoms. The number of rotatable bonds is 4. The number of nitrogens with zero attached hydrogens (tertiary/aromatic N) is 1. The fourth-order valence-electron chi connectivity index (χ4n) is 2.93. The zero-order chi connectivity index (χ0) is 15.7. The van der Waals surface area contributed by atoms with Gasteiger partial charge >= 0.3 is 0 Å². The lowest BCUT2D eigenvalue weighted by atomic mass is 9.90. The van der Waals surface area contributed by atoms with Gasteiger partial charge in [0.25, 0.3) is 0 Å². The van der Waals surface area contributed by atoms with Gasteiger partial charge in [-0.2, -0.15) is 0 Å². The van der Waals surface area contributed by atoms with Crippen molar-refractivity contribution in [3.63, 3.8) is 0 Å². The van der Waals surface area contributed by atoms with Crippen LogP contribution in [0.1, 0.15) is 32.8 Å². The summed E-state index contributed by atoms with van der Waals surface area (Å²) in [6.45, 7) is 6.61. The highest BCUT2D eigenvalue weighted by molar-refractivity contribution is 7.80. The molecule has 5 heteroatoms. The number of aliphatic hydroxyl groups is 1. The molecule has 1 saturated heterocycles. The van der Waals surface area contributed by atoms with E-state index in [0.717, 1.165) is 12.2 Å². The lowest BCUT2D eigenvalue weighted by Crippen LogP contribution is -2.66. The zero-order valence-electron chi connectivity index (χ0n) is 13.1. The van der Waals surface area contributed by atoms with Crippen molar-refractivity contribution in [2.24, 2.45) is 0 Å². The maximum atomic E-state index is 10.7. The standard InChI is InChI=1S/C16H24N2O2S/c1-15(2)11-16(3,19)18(14(21)17-15)10-9-12-5-7-13(20-4)8-6-12/h5-8,19H,9-11H2,1-4H3,(H,17,21)/t16-/m1/s1. The summed E-state index contributed by atoms with van der Waals surface area (Å²) in [5.41, 5.74) is 0.0920. The fourth-order valence-corrected chi connectivity index (χ4v) is 3.49. The molecule has 2 rings (SSSR count). The Labute approximate surface area is 132 Å². The monoisotopic (exact) mass is 308 g/mol. The Morgan fingerprint density at radius 2 is 1.90 bits per heavy atom. The summed E-state index contributed by atoms with van der Waals surface area (Å²) in [5, 5.41) is 14.6. The smallest absolute Gasteiger partial charge is 0.171 e. The minimum Gasteiger partial charge on any atom is -0.497 e. The highest BCUT2D eigenvalue weighted by Crippen LogP contribution is 2.29. The van der Waals surface area contributed by atoms with Crippen molar-refractivity contribution < 1.29 is 9.84 Å². The number of thiocarbonyl (C=S) groups is 1. The predicted molar refractivity (Wildman–Crippen MR) is 88.5 cm³/mol. The normalized spacial score (nSPS) is 24.6. The van der Waals surface area contributed by atoms with Gasteiger partial charge in [-0.15, -0.1) is 0 Å². The van der Waals surface area contributed by atoms with E-state index in [4.69, 9.17) is 17.0 Å². The molecule has 4 nitrogen and oxygen atoms in total. The second-order valence-corrected chi connectivity index (χ2v) is 6.84. The van der Waals surface area contributed by atoms with Crippen LogP contribution in [0, 0.1) is 0 Å². The second kappa shape index (κ2) is 5.81. The lowest BCUT2D eigenvalue weighted by Gasteiger charge is -2.49. The third-order valence-electron chi connectivity index (χ3n) is 3.83. The molecule has 1 aliphatic rings. The molecule has 1 heterocycles. The van der Waals surface area contributed by atoms with Crippen molar-refractivity contribution in [2.45, 2.75) is 44.9 Å². The van der Waals surface area contributed by atoms with Crippen LogP contribution >= 0.6 is 12.2 Å². The van der Waals surface area contributed by atoms with Crippen LogP contribution in [-0.4, -0.2) is 40.0 Å². The van der Waals surface area contributed by atoms with Crippen LogP contribution in [0.25, 0.3) is 0 Å². The van der Waals surface area contributed by atoms with Gasteiger partial charge in [-0.3, -0.25) is 0 Å². The summed E-state index contributed by atoms with van der Waals surface area (Å²) in [7, 11) is 1.66. The van der Waals surface area contributed by atoms with Gasteiger partial charge in [0.05, 0.1) is 7.11 Å². The first-order valence-electron chi connectivity index (χ1n) is 7.19. The predicted octanol–water partition coefficient (Wildman–Crippen LogP) is 2.31. The van der Waals surface area contributed by atoms with E-state index >= 15 is 0 Å². The number of hydrogen-bond donors (Lipinski definition) is 2. The molecular formula is C16H24N2O2S. The molecule has 1 atom stereocenters. The van der Waals surface area contributed by atoms with Crippen LogP contribution in [0.15, 0.2) is 24.3 Å². The van der Waals surface area contributed by atoms with Crippen LogP contribution in [0.2, 0.25) is 0 Å². The fraction of sp³-hybridized carbons (Fsp3) is 0.562. The van der Waals surface area contributed by atoms with Gasteiger partial charge in [0, 0.05) is 18.5 Å². The Hall–Kier alpha value is -1.33. The molecule has 0 aliphatic carbocycles. The SMILES string of the molecule is COc1ccc(CCN2C(=S)NC(C)(C)C[C@@]2(C)O)cc1. The van der Waals surface area contributed by atoms with Gasteiger partial charge < -0.3 is 20.1 Å². The summed E-state index contributed by atoms with van der Waals surface area (Å²) in [5.74, 6) is 0.850. The van der Waals surface area contributed by atoms with E-state index in [0.29, 0.717) is 18.1 Å². The van der Waals surface area contributed by atoms with Crippen LogP contribution < -0.4 is 10.1 Å². The third-order valence-corrected chi connectivity index (χ3v) is 4.15. The van der Waals surface area contributed by atoms with Gasteiger partial charge in [0.1, 0.15) is 11.5 Å². The first-order chi connectivity index (χ1) is 9.73. The molecule has 0 saturated carbocycles. The van der Waals surface area contributed by atoms with Crippen molar-refractivity contribution in [1.29, 1.82) is 0 Å². The minimum atomic E-state index is -0.918. The van der Waals surface area contributed by atoms with Crippen LogP contribution in [0.3, 0.4) is 0 Å². The number of methoxy groups -OCH3 is 1. The van der Waals surface area contributed by atoms with Crippen LogP contribution in [0.4, 0.5) is 0 Å². The molecule has 1 aromatic carbocycles. The minimum absolute atomic E-state index is 0.183. The molecule has 116 valence electrons. The van der Waals surface area contributed by atoms with Crippen molar-refractivity contribution in [2.75, 3.05) is 13.7 Å².